The van der Waals surface area contributed by atoms with Crippen molar-refractivity contribution in [3.63, 3.8) is 0 Å². The van der Waals surface area contributed by atoms with Crippen molar-refractivity contribution in [2.45, 2.75) is 25.3 Å². The van der Waals surface area contributed by atoms with Crippen LogP contribution in [0.4, 0.5) is 0 Å². The van der Waals surface area contributed by atoms with E-state index in [0.717, 1.165) is 23.3 Å². The highest BCUT2D eigenvalue weighted by atomic mass is 35.5. The second-order valence-corrected chi connectivity index (χ2v) is 7.05. The normalized spacial score (nSPS) is 19.6. The average molecular weight is 372 g/mol. The highest BCUT2D eigenvalue weighted by Gasteiger charge is 2.45. The minimum atomic E-state index is -0.810. The van der Waals surface area contributed by atoms with Crippen LogP contribution in [-0.4, -0.2) is 36.0 Å². The van der Waals surface area contributed by atoms with Crippen LogP contribution in [0.15, 0.2) is 53.5 Å². The smallest absolute Gasteiger partial charge is 0.274 e. The van der Waals surface area contributed by atoms with Crippen LogP contribution < -0.4 is 10.5 Å². The lowest BCUT2D eigenvalue weighted by molar-refractivity contribution is -0.124. The predicted octanol–water partition coefficient (Wildman–Crippen LogP) is 3.05. The first-order valence-corrected chi connectivity index (χ1v) is 8.84. The van der Waals surface area contributed by atoms with Crippen LogP contribution in [0.25, 0.3) is 0 Å². The molecular formula is C20H22ClN3O2. The van der Waals surface area contributed by atoms with Crippen molar-refractivity contribution in [3.8, 4) is 5.75 Å². The van der Waals surface area contributed by atoms with E-state index in [0.29, 0.717) is 18.0 Å². The Hall–Kier alpha value is -2.53. The van der Waals surface area contributed by atoms with Gasteiger partial charge in [-0.25, -0.2) is 0 Å². The van der Waals surface area contributed by atoms with Crippen molar-refractivity contribution in [2.24, 2.45) is 10.7 Å². The molecule has 0 spiro atoms. The number of amides is 1. The van der Waals surface area contributed by atoms with Gasteiger partial charge in [0.05, 0.1) is 7.11 Å². The fourth-order valence-corrected chi connectivity index (χ4v) is 3.51. The molecule has 1 heterocycles. The molecule has 3 rings (SSSR count). The third-order valence-corrected chi connectivity index (χ3v) is 4.98. The number of halogens is 1. The van der Waals surface area contributed by atoms with Crippen LogP contribution in [0.5, 0.6) is 5.75 Å². The van der Waals surface area contributed by atoms with Gasteiger partial charge >= 0.3 is 0 Å². The van der Waals surface area contributed by atoms with Crippen LogP contribution in [0.1, 0.15) is 18.1 Å². The fraction of sp³-hybridized carbons (Fsp3) is 0.300. The van der Waals surface area contributed by atoms with E-state index < -0.39 is 5.54 Å². The molecule has 2 aromatic carbocycles. The Labute approximate surface area is 158 Å². The molecule has 0 fully saturated rings. The topological polar surface area (TPSA) is 67.9 Å². The van der Waals surface area contributed by atoms with E-state index in [2.05, 4.69) is 4.99 Å². The van der Waals surface area contributed by atoms with Gasteiger partial charge in [-0.2, -0.15) is 4.99 Å². The van der Waals surface area contributed by atoms with Crippen molar-refractivity contribution in [1.29, 1.82) is 0 Å². The summed E-state index contributed by atoms with van der Waals surface area (Å²) < 4.78 is 5.28. The van der Waals surface area contributed by atoms with Gasteiger partial charge in [0.15, 0.2) is 5.96 Å². The van der Waals surface area contributed by atoms with Crippen molar-refractivity contribution < 1.29 is 9.53 Å². The summed E-state index contributed by atoms with van der Waals surface area (Å²) in [5, 5.41) is 0.695. The van der Waals surface area contributed by atoms with E-state index in [4.69, 9.17) is 22.1 Å². The zero-order valence-electron chi connectivity index (χ0n) is 14.9. The molecule has 0 aromatic heterocycles. The standard InChI is InChI=1S/C20H22ClN3O2/c1-20(13-15-6-4-8-17(12-15)26-2)18(25)23-19(22)24(20)10-9-14-5-3-7-16(21)11-14/h3-8,11-12H,9-10,13H2,1-2H3,(H2,22,23,25). The lowest BCUT2D eigenvalue weighted by atomic mass is 9.90. The minimum absolute atomic E-state index is 0.219. The van der Waals surface area contributed by atoms with Crippen molar-refractivity contribution >= 4 is 23.5 Å². The number of hydrogen-bond acceptors (Lipinski definition) is 4. The summed E-state index contributed by atoms with van der Waals surface area (Å²) in [5.74, 6) is 0.808. The van der Waals surface area contributed by atoms with Crippen LogP contribution in [0.3, 0.4) is 0 Å². The number of methoxy groups -OCH3 is 1. The molecule has 0 radical (unpaired) electrons. The molecule has 5 nitrogen and oxygen atoms in total. The number of hydrogen-bond donors (Lipinski definition) is 1. The highest BCUT2D eigenvalue weighted by molar-refractivity contribution is 6.30. The van der Waals surface area contributed by atoms with Crippen molar-refractivity contribution in [3.05, 3.63) is 64.7 Å². The fourth-order valence-electron chi connectivity index (χ4n) is 3.30. The predicted molar refractivity (Wildman–Crippen MR) is 104 cm³/mol. The first kappa shape index (κ1) is 18.3. The van der Waals surface area contributed by atoms with Gasteiger partial charge in [-0.05, 0) is 48.7 Å². The summed E-state index contributed by atoms with van der Waals surface area (Å²) in [4.78, 5) is 18.5. The first-order valence-electron chi connectivity index (χ1n) is 8.46. The Morgan fingerprint density at radius 2 is 1.92 bits per heavy atom. The SMILES string of the molecule is COc1cccc(CC2(C)C(=O)N=C(N)N2CCc2cccc(Cl)c2)c1. The number of carbonyl (C=O) groups excluding carboxylic acids is 1. The Balaban J connectivity index is 1.80. The molecule has 136 valence electrons. The Morgan fingerprint density at radius 1 is 1.19 bits per heavy atom. The summed E-state index contributed by atoms with van der Waals surface area (Å²) in [6, 6.07) is 15.4. The Kier molecular flexibility index (Phi) is 5.18. The number of guanidine groups is 1. The molecule has 0 aliphatic carbocycles. The second kappa shape index (κ2) is 7.38. The van der Waals surface area contributed by atoms with Gasteiger partial charge in [0.2, 0.25) is 0 Å². The van der Waals surface area contributed by atoms with E-state index in [-0.39, 0.29) is 11.9 Å². The van der Waals surface area contributed by atoms with Crippen LogP contribution >= 0.6 is 11.6 Å². The van der Waals surface area contributed by atoms with Crippen LogP contribution in [0.2, 0.25) is 5.02 Å². The molecule has 1 unspecified atom stereocenters. The zero-order chi connectivity index (χ0) is 18.7. The molecule has 2 N–H and O–H groups in total. The van der Waals surface area contributed by atoms with Crippen LogP contribution in [0, 0.1) is 0 Å². The van der Waals surface area contributed by atoms with Gasteiger partial charge < -0.3 is 15.4 Å². The second-order valence-electron chi connectivity index (χ2n) is 6.61. The molecule has 26 heavy (non-hydrogen) atoms. The summed E-state index contributed by atoms with van der Waals surface area (Å²) >= 11 is 6.06. The molecule has 0 saturated carbocycles. The maximum Gasteiger partial charge on any atom is 0.274 e. The van der Waals surface area contributed by atoms with Gasteiger partial charge in [-0.1, -0.05) is 35.9 Å². The van der Waals surface area contributed by atoms with E-state index in [1.54, 1.807) is 7.11 Å². The molecule has 2 aromatic rings. The summed E-state index contributed by atoms with van der Waals surface area (Å²) in [6.45, 7) is 2.47. The molecule has 1 atom stereocenters. The van der Waals surface area contributed by atoms with E-state index in [9.17, 15) is 4.79 Å². The number of carbonyl (C=O) groups is 1. The van der Waals surface area contributed by atoms with Gasteiger partial charge in [0, 0.05) is 18.0 Å². The van der Waals surface area contributed by atoms with Gasteiger partial charge in [-0.3, -0.25) is 4.79 Å². The number of aliphatic imine (C=N–C) groups is 1. The van der Waals surface area contributed by atoms with Crippen molar-refractivity contribution in [2.75, 3.05) is 13.7 Å². The number of nitrogens with two attached hydrogens (primary N) is 1. The summed E-state index contributed by atoms with van der Waals surface area (Å²) in [5.41, 5.74) is 7.33. The van der Waals surface area contributed by atoms with Crippen molar-refractivity contribution in [1.82, 2.24) is 4.90 Å². The van der Waals surface area contributed by atoms with Gasteiger partial charge in [0.25, 0.3) is 5.91 Å². The number of benzene rings is 2. The molecule has 1 aliphatic rings. The van der Waals surface area contributed by atoms with Gasteiger partial charge in [0.1, 0.15) is 11.3 Å². The third-order valence-electron chi connectivity index (χ3n) is 4.74. The maximum absolute atomic E-state index is 12.6. The lowest BCUT2D eigenvalue weighted by Crippen LogP contribution is -2.53. The van der Waals surface area contributed by atoms with E-state index >= 15 is 0 Å². The maximum atomic E-state index is 12.6. The number of rotatable bonds is 6. The van der Waals surface area contributed by atoms with Gasteiger partial charge in [-0.15, -0.1) is 0 Å². The molecular weight excluding hydrogens is 350 g/mol. The molecule has 0 bridgehead atoms. The molecule has 6 heteroatoms. The molecule has 1 aliphatic heterocycles. The first-order chi connectivity index (χ1) is 12.4. The molecule has 1 amide bonds. The number of ether oxygens (including phenoxy) is 1. The third kappa shape index (κ3) is 3.68. The lowest BCUT2D eigenvalue weighted by Gasteiger charge is -2.34. The monoisotopic (exact) mass is 371 g/mol. The van der Waals surface area contributed by atoms with E-state index in [1.165, 1.54) is 0 Å². The van der Waals surface area contributed by atoms with E-state index in [1.807, 2.05) is 60.4 Å². The quantitative estimate of drug-likeness (QED) is 0.847. The minimum Gasteiger partial charge on any atom is -0.497 e. The Morgan fingerprint density at radius 3 is 2.65 bits per heavy atom. The highest BCUT2D eigenvalue weighted by Crippen LogP contribution is 2.29. The summed E-state index contributed by atoms with van der Waals surface area (Å²) in [7, 11) is 1.62. The largest absolute Gasteiger partial charge is 0.497 e. The summed E-state index contributed by atoms with van der Waals surface area (Å²) in [6.07, 6.45) is 1.22. The Bertz CT molecular complexity index is 852. The average Bonchev–Trinajstić information content (AvgIpc) is 2.82. The zero-order valence-corrected chi connectivity index (χ0v) is 15.7. The van der Waals surface area contributed by atoms with Crippen LogP contribution in [-0.2, 0) is 17.6 Å². The molecule has 0 saturated heterocycles. The number of nitrogens with zero attached hydrogens (tertiary/aromatic N) is 2.